The van der Waals surface area contributed by atoms with E-state index >= 15 is 0 Å². The van der Waals surface area contributed by atoms with Crippen LogP contribution in [0.5, 0.6) is 0 Å². The van der Waals surface area contributed by atoms with Crippen molar-refractivity contribution in [3.05, 3.63) is 29.6 Å². The van der Waals surface area contributed by atoms with E-state index in [9.17, 15) is 12.8 Å². The number of rotatable bonds is 4. The third kappa shape index (κ3) is 3.41. The highest BCUT2D eigenvalue weighted by atomic mass is 32.2. The molecule has 0 aliphatic heterocycles. The molecular formula is C14H19FN2O2S2. The van der Waals surface area contributed by atoms with Crippen LogP contribution in [0.3, 0.4) is 0 Å². The predicted octanol–water partition coefficient (Wildman–Crippen LogP) is 2.40. The van der Waals surface area contributed by atoms with Gasteiger partial charge >= 0.3 is 0 Å². The Morgan fingerprint density at radius 3 is 2.52 bits per heavy atom. The molecule has 116 valence electrons. The molecule has 1 aromatic carbocycles. The first kappa shape index (κ1) is 16.3. The summed E-state index contributed by atoms with van der Waals surface area (Å²) in [6, 6.07) is 3.70. The Balaban J connectivity index is 2.39. The fourth-order valence-electron chi connectivity index (χ4n) is 2.73. The van der Waals surface area contributed by atoms with Gasteiger partial charge in [-0.25, -0.2) is 12.8 Å². The first-order valence-corrected chi connectivity index (χ1v) is 8.76. The van der Waals surface area contributed by atoms with Crippen LogP contribution in [-0.4, -0.2) is 18.9 Å². The van der Waals surface area contributed by atoms with Crippen molar-refractivity contribution in [2.75, 3.05) is 0 Å². The topological polar surface area (TPSA) is 72.2 Å². The third-order valence-corrected chi connectivity index (χ3v) is 6.02. The second-order valence-electron chi connectivity index (χ2n) is 5.52. The van der Waals surface area contributed by atoms with Crippen molar-refractivity contribution in [1.29, 1.82) is 0 Å². The fourth-order valence-corrected chi connectivity index (χ4v) is 4.75. The van der Waals surface area contributed by atoms with Gasteiger partial charge in [0, 0.05) is 0 Å². The fraction of sp³-hybridized carbons (Fsp3) is 0.500. The Kier molecular flexibility index (Phi) is 4.65. The van der Waals surface area contributed by atoms with Gasteiger partial charge in [0.05, 0.1) is 15.4 Å². The lowest BCUT2D eigenvalue weighted by atomic mass is 9.82. The van der Waals surface area contributed by atoms with E-state index in [1.54, 1.807) is 6.92 Å². The maximum Gasteiger partial charge on any atom is 0.241 e. The molecule has 2 rings (SSSR count). The van der Waals surface area contributed by atoms with E-state index in [1.807, 2.05) is 0 Å². The zero-order valence-electron chi connectivity index (χ0n) is 11.9. The largest absolute Gasteiger partial charge is 0.392 e. The molecule has 0 amide bonds. The van der Waals surface area contributed by atoms with E-state index in [4.69, 9.17) is 18.0 Å². The molecule has 0 aromatic heterocycles. The van der Waals surface area contributed by atoms with Crippen molar-refractivity contribution in [3.63, 3.8) is 0 Å². The number of benzene rings is 1. The molecule has 0 radical (unpaired) electrons. The first-order chi connectivity index (χ1) is 9.77. The lowest BCUT2D eigenvalue weighted by molar-refractivity contribution is 0.353. The lowest BCUT2D eigenvalue weighted by Crippen LogP contribution is -2.57. The number of thiocarbonyl (C=S) groups is 1. The standard InChI is InChI=1S/C14H19FN2O2S2/c1-10-5-6-11(15)9-12(10)21(18,19)17-14(13(16)20)7-3-2-4-8-14/h5-6,9,17H,2-4,7-8H2,1H3,(H2,16,20). The number of nitrogens with two attached hydrogens (primary N) is 1. The van der Waals surface area contributed by atoms with Gasteiger partial charge in [-0.1, -0.05) is 37.5 Å². The molecule has 7 heteroatoms. The van der Waals surface area contributed by atoms with Crippen LogP contribution in [0.2, 0.25) is 0 Å². The summed E-state index contributed by atoms with van der Waals surface area (Å²) in [5, 5.41) is 0. The van der Waals surface area contributed by atoms with Crippen molar-refractivity contribution < 1.29 is 12.8 Å². The second-order valence-corrected chi connectivity index (χ2v) is 7.61. The molecule has 1 saturated carbocycles. The minimum Gasteiger partial charge on any atom is -0.392 e. The van der Waals surface area contributed by atoms with Crippen LogP contribution in [0.15, 0.2) is 23.1 Å². The molecule has 0 unspecified atom stereocenters. The summed E-state index contributed by atoms with van der Waals surface area (Å²) in [6.07, 6.45) is 3.92. The van der Waals surface area contributed by atoms with Crippen molar-refractivity contribution in [2.24, 2.45) is 5.73 Å². The number of hydrogen-bond donors (Lipinski definition) is 2. The molecule has 4 nitrogen and oxygen atoms in total. The van der Waals surface area contributed by atoms with Gasteiger partial charge in [0.25, 0.3) is 0 Å². The van der Waals surface area contributed by atoms with Crippen LogP contribution in [-0.2, 0) is 10.0 Å². The number of hydrogen-bond acceptors (Lipinski definition) is 3. The van der Waals surface area contributed by atoms with Crippen LogP contribution in [0.25, 0.3) is 0 Å². The summed E-state index contributed by atoms with van der Waals surface area (Å²) in [4.78, 5) is 0.0866. The molecule has 3 N–H and O–H groups in total. The Morgan fingerprint density at radius 2 is 1.95 bits per heavy atom. The van der Waals surface area contributed by atoms with Crippen molar-refractivity contribution in [3.8, 4) is 0 Å². The van der Waals surface area contributed by atoms with Gasteiger partial charge in [-0.3, -0.25) is 0 Å². The molecule has 0 heterocycles. The van der Waals surface area contributed by atoms with Gasteiger partial charge < -0.3 is 5.73 Å². The van der Waals surface area contributed by atoms with Crippen molar-refractivity contribution in [1.82, 2.24) is 4.72 Å². The van der Waals surface area contributed by atoms with Gasteiger partial charge in [0.2, 0.25) is 10.0 Å². The van der Waals surface area contributed by atoms with Gasteiger partial charge in [0.1, 0.15) is 5.82 Å². The molecule has 1 fully saturated rings. The molecule has 1 aromatic rings. The minimum atomic E-state index is -3.87. The van der Waals surface area contributed by atoms with E-state index in [1.165, 1.54) is 12.1 Å². The van der Waals surface area contributed by atoms with Crippen LogP contribution in [0, 0.1) is 12.7 Å². The highest BCUT2D eigenvalue weighted by molar-refractivity contribution is 7.89. The lowest BCUT2D eigenvalue weighted by Gasteiger charge is -2.36. The molecule has 0 atom stereocenters. The average Bonchev–Trinajstić information content (AvgIpc) is 2.42. The second kappa shape index (κ2) is 5.98. The predicted molar refractivity (Wildman–Crippen MR) is 84.1 cm³/mol. The van der Waals surface area contributed by atoms with E-state index in [0.29, 0.717) is 18.4 Å². The maximum atomic E-state index is 13.4. The number of nitrogens with one attached hydrogen (secondary N) is 1. The summed E-state index contributed by atoms with van der Waals surface area (Å²) in [6.45, 7) is 1.63. The first-order valence-electron chi connectivity index (χ1n) is 6.87. The summed E-state index contributed by atoms with van der Waals surface area (Å²) < 4.78 is 41.2. The Morgan fingerprint density at radius 1 is 1.33 bits per heavy atom. The zero-order valence-corrected chi connectivity index (χ0v) is 13.5. The molecule has 0 saturated heterocycles. The van der Waals surface area contributed by atoms with Crippen molar-refractivity contribution in [2.45, 2.75) is 49.5 Å². The van der Waals surface area contributed by atoms with Crippen LogP contribution < -0.4 is 10.5 Å². The van der Waals surface area contributed by atoms with E-state index in [2.05, 4.69) is 4.72 Å². The Hall–Kier alpha value is -1.05. The molecule has 0 bridgehead atoms. The quantitative estimate of drug-likeness (QED) is 0.832. The summed E-state index contributed by atoms with van der Waals surface area (Å²) >= 11 is 5.08. The zero-order chi connectivity index (χ0) is 15.7. The molecule has 1 aliphatic carbocycles. The van der Waals surface area contributed by atoms with Gasteiger partial charge in [-0.05, 0) is 37.5 Å². The summed E-state index contributed by atoms with van der Waals surface area (Å²) in [7, 11) is -3.87. The number of halogens is 1. The average molecular weight is 330 g/mol. The van der Waals surface area contributed by atoms with Gasteiger partial charge in [-0.2, -0.15) is 4.72 Å². The van der Waals surface area contributed by atoms with Gasteiger partial charge in [-0.15, -0.1) is 0 Å². The molecule has 0 spiro atoms. The van der Waals surface area contributed by atoms with E-state index in [0.717, 1.165) is 25.3 Å². The SMILES string of the molecule is Cc1ccc(F)cc1S(=O)(=O)NC1(C(N)=S)CCCCC1. The Bertz CT molecular complexity index is 653. The summed E-state index contributed by atoms with van der Waals surface area (Å²) in [5.41, 5.74) is 5.37. The number of sulfonamides is 1. The highest BCUT2D eigenvalue weighted by Gasteiger charge is 2.39. The normalized spacial score (nSPS) is 18.4. The monoisotopic (exact) mass is 330 g/mol. The van der Waals surface area contributed by atoms with Crippen LogP contribution in [0.4, 0.5) is 4.39 Å². The maximum absolute atomic E-state index is 13.4. The smallest absolute Gasteiger partial charge is 0.241 e. The van der Waals surface area contributed by atoms with Gasteiger partial charge in [0.15, 0.2) is 0 Å². The van der Waals surface area contributed by atoms with Crippen LogP contribution in [0.1, 0.15) is 37.7 Å². The van der Waals surface area contributed by atoms with E-state index < -0.39 is 21.4 Å². The molecule has 21 heavy (non-hydrogen) atoms. The Labute approximate surface area is 130 Å². The third-order valence-electron chi connectivity index (χ3n) is 3.95. The number of aryl methyl sites for hydroxylation is 1. The molecule has 1 aliphatic rings. The van der Waals surface area contributed by atoms with Crippen molar-refractivity contribution >= 4 is 27.2 Å². The highest BCUT2D eigenvalue weighted by Crippen LogP contribution is 2.31. The summed E-state index contributed by atoms with van der Waals surface area (Å²) in [5.74, 6) is -0.589. The minimum absolute atomic E-state index is 0.0660. The van der Waals surface area contributed by atoms with Crippen LogP contribution >= 0.6 is 12.2 Å². The van der Waals surface area contributed by atoms with E-state index in [-0.39, 0.29) is 9.88 Å². The molecular weight excluding hydrogens is 311 g/mol.